The topological polar surface area (TPSA) is 42.4 Å². The molecule has 3 nitrogen and oxygen atoms in total. The Morgan fingerprint density at radius 1 is 1.12 bits per heavy atom. The van der Waals surface area contributed by atoms with Gasteiger partial charge < -0.3 is 9.84 Å². The minimum absolute atomic E-state index is 0.457. The van der Waals surface area contributed by atoms with E-state index < -0.39 is 6.10 Å². The van der Waals surface area contributed by atoms with Gasteiger partial charge in [0.05, 0.1) is 7.11 Å². The van der Waals surface area contributed by atoms with Gasteiger partial charge in [-0.1, -0.05) is 30.3 Å². The molecule has 1 heterocycles. The minimum Gasteiger partial charge on any atom is -0.481 e. The van der Waals surface area contributed by atoms with Crippen LogP contribution in [-0.2, 0) is 0 Å². The highest BCUT2D eigenvalue weighted by molar-refractivity contribution is 5.35. The summed E-state index contributed by atoms with van der Waals surface area (Å²) in [4.78, 5) is 4.06. The monoisotopic (exact) mass is 215 g/mol. The molecule has 0 bridgehead atoms. The third-order valence-electron chi connectivity index (χ3n) is 2.40. The van der Waals surface area contributed by atoms with Crippen LogP contribution in [-0.4, -0.2) is 17.2 Å². The first-order chi connectivity index (χ1) is 7.83. The van der Waals surface area contributed by atoms with Gasteiger partial charge in [-0.15, -0.1) is 0 Å². The molecule has 0 aliphatic heterocycles. The molecule has 0 spiro atoms. The van der Waals surface area contributed by atoms with Gasteiger partial charge in [-0.25, -0.2) is 4.98 Å². The highest BCUT2D eigenvalue weighted by atomic mass is 16.5. The van der Waals surface area contributed by atoms with E-state index in [-0.39, 0.29) is 0 Å². The molecule has 1 aromatic heterocycles. The summed E-state index contributed by atoms with van der Waals surface area (Å²) >= 11 is 0. The van der Waals surface area contributed by atoms with Crippen molar-refractivity contribution in [2.45, 2.75) is 6.10 Å². The number of benzene rings is 1. The van der Waals surface area contributed by atoms with Crippen molar-refractivity contribution in [3.8, 4) is 5.88 Å². The summed E-state index contributed by atoms with van der Waals surface area (Å²) in [5.74, 6) is 0.457. The molecule has 1 N–H and O–H groups in total. The number of aliphatic hydroxyl groups excluding tert-OH is 1. The van der Waals surface area contributed by atoms with Gasteiger partial charge in [0.2, 0.25) is 5.88 Å². The van der Waals surface area contributed by atoms with Crippen molar-refractivity contribution in [1.29, 1.82) is 0 Å². The molecule has 0 radical (unpaired) electrons. The Morgan fingerprint density at radius 2 is 1.88 bits per heavy atom. The number of aromatic nitrogens is 1. The molecule has 82 valence electrons. The normalized spacial score (nSPS) is 12.1. The first kappa shape index (κ1) is 10.6. The molecule has 16 heavy (non-hydrogen) atoms. The highest BCUT2D eigenvalue weighted by Gasteiger charge is 2.15. The lowest BCUT2D eigenvalue weighted by molar-refractivity contribution is 0.213. The molecule has 0 saturated heterocycles. The lowest BCUT2D eigenvalue weighted by atomic mass is 10.0. The maximum atomic E-state index is 10.2. The lowest BCUT2D eigenvalue weighted by Gasteiger charge is -2.13. The smallest absolute Gasteiger partial charge is 0.219 e. The molecule has 0 aliphatic carbocycles. The van der Waals surface area contributed by atoms with Crippen LogP contribution in [0, 0.1) is 0 Å². The first-order valence-electron chi connectivity index (χ1n) is 5.05. The predicted molar refractivity (Wildman–Crippen MR) is 61.3 cm³/mol. The SMILES string of the molecule is COc1ncccc1[C@@H](O)c1ccccc1. The average Bonchev–Trinajstić information content (AvgIpc) is 2.39. The van der Waals surface area contributed by atoms with Crippen molar-refractivity contribution in [1.82, 2.24) is 4.98 Å². The molecule has 0 fully saturated rings. The number of nitrogens with zero attached hydrogens (tertiary/aromatic N) is 1. The zero-order chi connectivity index (χ0) is 11.4. The van der Waals surface area contributed by atoms with Gasteiger partial charge in [-0.05, 0) is 17.7 Å². The number of methoxy groups -OCH3 is 1. The molecule has 3 heteroatoms. The van der Waals surface area contributed by atoms with E-state index in [0.29, 0.717) is 11.4 Å². The van der Waals surface area contributed by atoms with Gasteiger partial charge in [0.25, 0.3) is 0 Å². The fourth-order valence-electron chi connectivity index (χ4n) is 1.60. The van der Waals surface area contributed by atoms with E-state index in [1.54, 1.807) is 19.4 Å². The molecule has 1 aromatic carbocycles. The summed E-state index contributed by atoms with van der Waals surface area (Å²) in [7, 11) is 1.55. The van der Waals surface area contributed by atoms with Gasteiger partial charge in [-0.3, -0.25) is 0 Å². The fraction of sp³-hybridized carbons (Fsp3) is 0.154. The van der Waals surface area contributed by atoms with Crippen molar-refractivity contribution in [2.24, 2.45) is 0 Å². The number of pyridine rings is 1. The maximum Gasteiger partial charge on any atom is 0.219 e. The number of aliphatic hydroxyl groups is 1. The number of hydrogen-bond donors (Lipinski definition) is 1. The Kier molecular flexibility index (Phi) is 3.17. The molecular weight excluding hydrogens is 202 g/mol. The average molecular weight is 215 g/mol. The fourth-order valence-corrected chi connectivity index (χ4v) is 1.60. The van der Waals surface area contributed by atoms with Crippen LogP contribution in [0.2, 0.25) is 0 Å². The minimum atomic E-state index is -0.704. The Bertz CT molecular complexity index is 456. The van der Waals surface area contributed by atoms with E-state index >= 15 is 0 Å². The Labute approximate surface area is 94.3 Å². The van der Waals surface area contributed by atoms with Crippen LogP contribution < -0.4 is 4.74 Å². The lowest BCUT2D eigenvalue weighted by Crippen LogP contribution is -2.03. The Morgan fingerprint density at radius 3 is 2.56 bits per heavy atom. The number of ether oxygens (including phenoxy) is 1. The van der Waals surface area contributed by atoms with E-state index in [1.165, 1.54) is 0 Å². The van der Waals surface area contributed by atoms with Gasteiger partial charge in [0, 0.05) is 11.8 Å². The second-order valence-electron chi connectivity index (χ2n) is 3.42. The molecule has 0 aliphatic rings. The van der Waals surface area contributed by atoms with Crippen LogP contribution in [0.5, 0.6) is 5.88 Å². The molecule has 0 amide bonds. The number of hydrogen-bond acceptors (Lipinski definition) is 3. The van der Waals surface area contributed by atoms with E-state index in [4.69, 9.17) is 4.74 Å². The summed E-state index contributed by atoms with van der Waals surface area (Å²) in [6.45, 7) is 0. The van der Waals surface area contributed by atoms with Gasteiger partial charge in [-0.2, -0.15) is 0 Å². The van der Waals surface area contributed by atoms with Crippen molar-refractivity contribution in [3.63, 3.8) is 0 Å². The van der Waals surface area contributed by atoms with E-state index in [2.05, 4.69) is 4.98 Å². The van der Waals surface area contributed by atoms with Crippen LogP contribution in [0.25, 0.3) is 0 Å². The quantitative estimate of drug-likeness (QED) is 0.853. The van der Waals surface area contributed by atoms with E-state index in [1.807, 2.05) is 36.4 Å². The first-order valence-corrected chi connectivity index (χ1v) is 5.05. The van der Waals surface area contributed by atoms with E-state index in [9.17, 15) is 5.11 Å². The Balaban J connectivity index is 2.37. The van der Waals surface area contributed by atoms with Crippen molar-refractivity contribution in [3.05, 3.63) is 59.8 Å². The zero-order valence-electron chi connectivity index (χ0n) is 9.00. The van der Waals surface area contributed by atoms with Gasteiger partial charge in [0.15, 0.2) is 0 Å². The third-order valence-corrected chi connectivity index (χ3v) is 2.40. The molecule has 0 unspecified atom stereocenters. The molecular formula is C13H13NO2. The standard InChI is InChI=1S/C13H13NO2/c1-16-13-11(8-5-9-14-13)12(15)10-6-3-2-4-7-10/h2-9,12,15H,1H3/t12-/m0/s1. The molecule has 2 aromatic rings. The van der Waals surface area contributed by atoms with Crippen LogP contribution in [0.4, 0.5) is 0 Å². The van der Waals surface area contributed by atoms with Gasteiger partial charge in [0.1, 0.15) is 6.10 Å². The molecule has 1 atom stereocenters. The second kappa shape index (κ2) is 4.77. The summed E-state index contributed by atoms with van der Waals surface area (Å²) in [5.41, 5.74) is 1.50. The van der Waals surface area contributed by atoms with Gasteiger partial charge >= 0.3 is 0 Å². The zero-order valence-corrected chi connectivity index (χ0v) is 9.00. The third kappa shape index (κ3) is 2.04. The summed E-state index contributed by atoms with van der Waals surface area (Å²) in [6, 6.07) is 13.0. The van der Waals surface area contributed by atoms with E-state index in [0.717, 1.165) is 5.56 Å². The Hall–Kier alpha value is -1.87. The highest BCUT2D eigenvalue weighted by Crippen LogP contribution is 2.27. The number of rotatable bonds is 3. The van der Waals surface area contributed by atoms with Crippen molar-refractivity contribution in [2.75, 3.05) is 7.11 Å². The van der Waals surface area contributed by atoms with Crippen LogP contribution in [0.1, 0.15) is 17.2 Å². The summed E-state index contributed by atoms with van der Waals surface area (Å²) in [5, 5.41) is 10.2. The predicted octanol–water partition coefficient (Wildman–Crippen LogP) is 2.17. The van der Waals surface area contributed by atoms with Crippen LogP contribution in [0.15, 0.2) is 48.7 Å². The van der Waals surface area contributed by atoms with Crippen molar-refractivity contribution < 1.29 is 9.84 Å². The van der Waals surface area contributed by atoms with Crippen LogP contribution in [0.3, 0.4) is 0 Å². The maximum absolute atomic E-state index is 10.2. The van der Waals surface area contributed by atoms with Crippen molar-refractivity contribution >= 4 is 0 Å². The second-order valence-corrected chi connectivity index (χ2v) is 3.42. The molecule has 2 rings (SSSR count). The summed E-state index contributed by atoms with van der Waals surface area (Å²) < 4.78 is 5.12. The summed E-state index contributed by atoms with van der Waals surface area (Å²) in [6.07, 6.45) is 0.935. The van der Waals surface area contributed by atoms with Crippen LogP contribution >= 0.6 is 0 Å². The molecule has 0 saturated carbocycles. The largest absolute Gasteiger partial charge is 0.481 e.